The number of nitrogens with one attached hydrogen (secondary N) is 2. The molecule has 24 heavy (non-hydrogen) atoms. The Kier molecular flexibility index (Phi) is 3.29. The highest BCUT2D eigenvalue weighted by Crippen LogP contribution is 2.41. The summed E-state index contributed by atoms with van der Waals surface area (Å²) in [5.74, 6) is -0.225. The third-order valence-corrected chi connectivity index (χ3v) is 4.61. The Bertz CT molecular complexity index is 998. The lowest BCUT2D eigenvalue weighted by atomic mass is 10.1. The molecule has 0 saturated heterocycles. The molecule has 1 fully saturated rings. The Morgan fingerprint density at radius 1 is 1.33 bits per heavy atom. The first-order chi connectivity index (χ1) is 11.6. The second kappa shape index (κ2) is 5.36. The van der Waals surface area contributed by atoms with E-state index in [0.717, 1.165) is 22.2 Å². The number of H-pyrrole nitrogens is 1. The number of amides is 1. The van der Waals surface area contributed by atoms with E-state index in [1.165, 1.54) is 0 Å². The van der Waals surface area contributed by atoms with E-state index < -0.39 is 5.54 Å². The standard InChI is InChI=1S/C18H13ClN4O/c1-20-18(5-6-18)17(24)23-13-4-2-3-11(7-13)12-8-14-15(19)10-22-16(14)21-9-12/h2-4,7-10H,5-6H2,(H,21,22)(H,23,24). The molecule has 0 spiro atoms. The minimum absolute atomic E-state index is 0.225. The Balaban J connectivity index is 1.65. The highest BCUT2D eigenvalue weighted by Gasteiger charge is 2.58. The molecule has 1 amide bonds. The zero-order chi connectivity index (χ0) is 16.7. The number of carbonyl (C=O) groups excluding carboxylic acids is 1. The molecule has 2 N–H and O–H groups in total. The van der Waals surface area contributed by atoms with Gasteiger partial charge in [0.2, 0.25) is 0 Å². The lowest BCUT2D eigenvalue weighted by Gasteiger charge is -2.08. The average Bonchev–Trinajstić information content (AvgIpc) is 3.33. The van der Waals surface area contributed by atoms with Crippen molar-refractivity contribution in [2.75, 3.05) is 5.32 Å². The quantitative estimate of drug-likeness (QED) is 0.701. The van der Waals surface area contributed by atoms with E-state index in [0.29, 0.717) is 23.6 Å². The predicted molar refractivity (Wildman–Crippen MR) is 93.7 cm³/mol. The number of nitrogens with zero attached hydrogens (tertiary/aromatic N) is 2. The van der Waals surface area contributed by atoms with E-state index in [1.807, 2.05) is 30.3 Å². The summed E-state index contributed by atoms with van der Waals surface area (Å²) in [5, 5.41) is 4.32. The highest BCUT2D eigenvalue weighted by atomic mass is 35.5. The van der Waals surface area contributed by atoms with Gasteiger partial charge in [0.05, 0.1) is 5.02 Å². The van der Waals surface area contributed by atoms with Crippen molar-refractivity contribution in [2.45, 2.75) is 18.4 Å². The van der Waals surface area contributed by atoms with Crippen LogP contribution in [-0.2, 0) is 4.79 Å². The molecule has 6 heteroatoms. The van der Waals surface area contributed by atoms with Crippen LogP contribution in [0.5, 0.6) is 0 Å². The second-order valence-corrected chi connectivity index (χ2v) is 6.34. The maximum atomic E-state index is 12.2. The molecule has 0 aliphatic heterocycles. The number of rotatable bonds is 3. The summed E-state index contributed by atoms with van der Waals surface area (Å²) in [6.45, 7) is 7.16. The van der Waals surface area contributed by atoms with Gasteiger partial charge in [-0.3, -0.25) is 9.64 Å². The number of pyridine rings is 1. The summed E-state index contributed by atoms with van der Waals surface area (Å²) in [7, 11) is 0. The molecule has 118 valence electrons. The number of halogens is 1. The van der Waals surface area contributed by atoms with E-state index in [-0.39, 0.29) is 5.91 Å². The van der Waals surface area contributed by atoms with E-state index >= 15 is 0 Å². The molecule has 2 heterocycles. The number of hydrogen-bond donors (Lipinski definition) is 2. The van der Waals surface area contributed by atoms with E-state index in [9.17, 15) is 4.79 Å². The predicted octanol–water partition coefficient (Wildman–Crippen LogP) is 4.27. The van der Waals surface area contributed by atoms with E-state index in [4.69, 9.17) is 18.2 Å². The van der Waals surface area contributed by atoms with Crippen LogP contribution in [0.1, 0.15) is 12.8 Å². The first-order valence-corrected chi connectivity index (χ1v) is 7.92. The second-order valence-electron chi connectivity index (χ2n) is 5.94. The maximum Gasteiger partial charge on any atom is 0.310 e. The SMILES string of the molecule is [C-]#[N+]C1(C(=O)Nc2cccc(-c3cnc4[nH]cc(Cl)c4c3)c2)CC1. The van der Waals surface area contributed by atoms with Crippen LogP contribution >= 0.6 is 11.6 Å². The van der Waals surface area contributed by atoms with Gasteiger partial charge in [0.15, 0.2) is 0 Å². The van der Waals surface area contributed by atoms with Crippen molar-refractivity contribution in [3.05, 3.63) is 59.2 Å². The topological polar surface area (TPSA) is 62.1 Å². The fraction of sp³-hybridized carbons (Fsp3) is 0.167. The van der Waals surface area contributed by atoms with Gasteiger partial charge in [-0.05, 0) is 23.8 Å². The van der Waals surface area contributed by atoms with Gasteiger partial charge >= 0.3 is 11.4 Å². The molecule has 1 aromatic carbocycles. The summed E-state index contributed by atoms with van der Waals surface area (Å²) in [6, 6.07) is 9.47. The molecule has 1 aliphatic carbocycles. The monoisotopic (exact) mass is 336 g/mol. The molecule has 1 aliphatic rings. The van der Waals surface area contributed by atoms with Gasteiger partial charge < -0.3 is 10.3 Å². The summed E-state index contributed by atoms with van der Waals surface area (Å²) in [5.41, 5.74) is 2.39. The molecular weight excluding hydrogens is 324 g/mol. The van der Waals surface area contributed by atoms with Crippen LogP contribution in [-0.4, -0.2) is 21.4 Å². The third-order valence-electron chi connectivity index (χ3n) is 4.29. The molecule has 4 rings (SSSR count). The lowest BCUT2D eigenvalue weighted by Crippen LogP contribution is -2.26. The normalized spacial score (nSPS) is 15.0. The molecule has 5 nitrogen and oxygen atoms in total. The largest absolute Gasteiger partial charge is 0.345 e. The van der Waals surface area contributed by atoms with E-state index in [1.54, 1.807) is 12.4 Å². The molecule has 1 saturated carbocycles. The molecule has 0 bridgehead atoms. The number of benzene rings is 1. The van der Waals surface area contributed by atoms with Crippen LogP contribution in [0.25, 0.3) is 27.0 Å². The van der Waals surface area contributed by atoms with Crippen LogP contribution in [0.4, 0.5) is 5.69 Å². The Morgan fingerprint density at radius 2 is 2.17 bits per heavy atom. The van der Waals surface area contributed by atoms with Gasteiger partial charge in [0, 0.05) is 41.9 Å². The fourth-order valence-corrected chi connectivity index (χ4v) is 2.86. The van der Waals surface area contributed by atoms with Crippen molar-refractivity contribution in [1.29, 1.82) is 0 Å². The summed E-state index contributed by atoms with van der Waals surface area (Å²) < 4.78 is 0. The summed E-state index contributed by atoms with van der Waals surface area (Å²) in [6.07, 6.45) is 4.74. The first-order valence-electron chi connectivity index (χ1n) is 7.54. The van der Waals surface area contributed by atoms with Crippen LogP contribution in [0.3, 0.4) is 0 Å². The van der Waals surface area contributed by atoms with E-state index in [2.05, 4.69) is 20.1 Å². The molecular formula is C18H13ClN4O. The zero-order valence-electron chi connectivity index (χ0n) is 12.6. The van der Waals surface area contributed by atoms with Crippen molar-refractivity contribution in [3.8, 4) is 11.1 Å². The van der Waals surface area contributed by atoms with Crippen molar-refractivity contribution < 1.29 is 4.79 Å². The van der Waals surface area contributed by atoms with Crippen molar-refractivity contribution in [1.82, 2.24) is 9.97 Å². The van der Waals surface area contributed by atoms with Gasteiger partial charge in [0.1, 0.15) is 5.65 Å². The minimum atomic E-state index is -0.852. The summed E-state index contributed by atoms with van der Waals surface area (Å²) in [4.78, 5) is 23.0. The number of anilines is 1. The van der Waals surface area contributed by atoms with Gasteiger partial charge in [-0.25, -0.2) is 11.6 Å². The lowest BCUT2D eigenvalue weighted by molar-refractivity contribution is -0.117. The Morgan fingerprint density at radius 3 is 2.92 bits per heavy atom. The van der Waals surface area contributed by atoms with Crippen molar-refractivity contribution >= 4 is 34.2 Å². The molecule has 0 atom stereocenters. The van der Waals surface area contributed by atoms with Crippen LogP contribution < -0.4 is 5.32 Å². The highest BCUT2D eigenvalue weighted by molar-refractivity contribution is 6.35. The smallest absolute Gasteiger partial charge is 0.310 e. The maximum absolute atomic E-state index is 12.2. The number of fused-ring (bicyclic) bond motifs is 1. The average molecular weight is 337 g/mol. The van der Waals surface area contributed by atoms with Gasteiger partial charge in [-0.2, -0.15) is 0 Å². The fourth-order valence-electron chi connectivity index (χ4n) is 2.66. The van der Waals surface area contributed by atoms with Gasteiger partial charge in [-0.1, -0.05) is 23.7 Å². The zero-order valence-corrected chi connectivity index (χ0v) is 13.4. The van der Waals surface area contributed by atoms with Gasteiger partial charge in [0.25, 0.3) is 0 Å². The number of carbonyl (C=O) groups is 1. The molecule has 0 unspecified atom stereocenters. The third kappa shape index (κ3) is 2.41. The van der Waals surface area contributed by atoms with Crippen molar-refractivity contribution in [2.24, 2.45) is 0 Å². The van der Waals surface area contributed by atoms with Crippen LogP contribution in [0.2, 0.25) is 5.02 Å². The number of aromatic amines is 1. The summed E-state index contributed by atoms with van der Waals surface area (Å²) >= 11 is 6.15. The number of aromatic nitrogens is 2. The molecule has 3 aromatic rings. The molecule has 2 aromatic heterocycles. The molecule has 0 radical (unpaired) electrons. The Labute approximate surface area is 143 Å². The van der Waals surface area contributed by atoms with Crippen LogP contribution in [0, 0.1) is 6.57 Å². The van der Waals surface area contributed by atoms with Crippen LogP contribution in [0.15, 0.2) is 42.7 Å². The van der Waals surface area contributed by atoms with Gasteiger partial charge in [-0.15, -0.1) is 0 Å². The Hall–Kier alpha value is -2.84. The number of hydrogen-bond acceptors (Lipinski definition) is 2. The first kappa shape index (κ1) is 14.7. The minimum Gasteiger partial charge on any atom is -0.345 e. The van der Waals surface area contributed by atoms with Crippen molar-refractivity contribution in [3.63, 3.8) is 0 Å².